The van der Waals surface area contributed by atoms with Gasteiger partial charge >= 0.3 is 5.97 Å². The zero-order valence-corrected chi connectivity index (χ0v) is 33.7. The van der Waals surface area contributed by atoms with Gasteiger partial charge in [0.1, 0.15) is 30.5 Å². The molecule has 0 unspecified atom stereocenters. The van der Waals surface area contributed by atoms with E-state index in [1.807, 2.05) is 68.5 Å². The minimum atomic E-state index is -1.29. The van der Waals surface area contributed by atoms with E-state index >= 15 is 0 Å². The highest BCUT2D eigenvalue weighted by atomic mass is 16.7. The number of pyridine rings is 1. The van der Waals surface area contributed by atoms with Crippen molar-refractivity contribution >= 4 is 28.9 Å². The van der Waals surface area contributed by atoms with Crippen molar-refractivity contribution in [3.63, 3.8) is 0 Å². The highest BCUT2D eigenvalue weighted by Crippen LogP contribution is 2.35. The molecule has 0 spiro atoms. The summed E-state index contributed by atoms with van der Waals surface area (Å²) in [7, 11) is 3.67. The number of nitrogens with zero attached hydrogens (tertiary/aromatic N) is 3. The van der Waals surface area contributed by atoms with E-state index in [0.29, 0.717) is 18.4 Å². The molecule has 4 rings (SSSR count). The van der Waals surface area contributed by atoms with Crippen LogP contribution in [0.3, 0.4) is 0 Å². The Hall–Kier alpha value is -4.09. The van der Waals surface area contributed by atoms with E-state index in [4.69, 9.17) is 18.9 Å². The normalized spacial score (nSPS) is 34.1. The molecule has 1 aromatic heterocycles. The third kappa shape index (κ3) is 12.0. The van der Waals surface area contributed by atoms with E-state index in [2.05, 4.69) is 17.1 Å². The number of likely N-dealkylation sites (N-methyl/N-ethyl adjacent to an activating group) is 1. The van der Waals surface area contributed by atoms with E-state index in [9.17, 15) is 29.9 Å². The van der Waals surface area contributed by atoms with Gasteiger partial charge in [0.05, 0.1) is 49.0 Å². The third-order valence-electron chi connectivity index (χ3n) is 10.9. The van der Waals surface area contributed by atoms with Crippen LogP contribution in [0, 0.1) is 35.0 Å². The number of carbonyl (C=O) groups excluding carboxylic acids is 3. The second kappa shape index (κ2) is 21.4. The second-order valence-electron chi connectivity index (χ2n) is 15.4. The van der Waals surface area contributed by atoms with Gasteiger partial charge < -0.3 is 38.9 Å². The standard InChI is InChI=1S/C44H59N3O9/c1-8-38-34(25-45)21-27(2)16-17-36(49)28(3)22-33(18-19-48)42(29(4)37(50)24-39(51)55-38)56-44-41(52)40(47(6)7)43(30(5)54-44)53-20-12-11-13-31-23-32-14-9-10-15-35(32)46-26-31/h9-12,14-17,19,21,23,26,28-30,33-34,37-38,40-44,50,52H,8,13,18,20,22,24H2,1-7H3/b12-11+,17-16+,27-21+/t28-,29+,30-,33+,34-,37-,38-,40-,41-,42-,43-,44+/m1/s1. The minimum absolute atomic E-state index is 0.00296. The first-order valence-corrected chi connectivity index (χ1v) is 19.6. The number of hydrogen-bond acceptors (Lipinski definition) is 12. The van der Waals surface area contributed by atoms with Crippen LogP contribution in [0.25, 0.3) is 10.9 Å². The van der Waals surface area contributed by atoms with Crippen LogP contribution in [0.4, 0.5) is 0 Å². The number of ether oxygens (including phenoxy) is 4. The second-order valence-corrected chi connectivity index (χ2v) is 15.4. The summed E-state index contributed by atoms with van der Waals surface area (Å²) >= 11 is 0. The summed E-state index contributed by atoms with van der Waals surface area (Å²) in [5, 5.41) is 34.2. The molecule has 0 aliphatic carbocycles. The Morgan fingerprint density at radius 2 is 1.84 bits per heavy atom. The van der Waals surface area contributed by atoms with Gasteiger partial charge in [0, 0.05) is 29.8 Å². The molecule has 2 aromatic rings. The molecule has 0 saturated carbocycles. The van der Waals surface area contributed by atoms with Gasteiger partial charge in [0.25, 0.3) is 0 Å². The number of aliphatic hydroxyl groups is 2. The number of fused-ring (bicyclic) bond motifs is 1. The van der Waals surface area contributed by atoms with Crippen molar-refractivity contribution in [1.82, 2.24) is 9.88 Å². The summed E-state index contributed by atoms with van der Waals surface area (Å²) in [5.41, 5.74) is 2.67. The van der Waals surface area contributed by atoms with E-state index in [-0.39, 0.29) is 25.2 Å². The molecule has 2 aliphatic heterocycles. The molecule has 3 heterocycles. The van der Waals surface area contributed by atoms with Crippen LogP contribution in [0.5, 0.6) is 0 Å². The molecule has 1 saturated heterocycles. The maximum absolute atomic E-state index is 13.3. The zero-order chi connectivity index (χ0) is 40.9. The van der Waals surface area contributed by atoms with Crippen LogP contribution < -0.4 is 0 Å². The molecular formula is C44H59N3O9. The largest absolute Gasteiger partial charge is 0.461 e. The zero-order valence-electron chi connectivity index (χ0n) is 33.7. The van der Waals surface area contributed by atoms with Gasteiger partial charge in [-0.25, -0.2) is 0 Å². The molecule has 1 aromatic carbocycles. The lowest BCUT2D eigenvalue weighted by molar-refractivity contribution is -0.308. The highest BCUT2D eigenvalue weighted by molar-refractivity contribution is 5.91. The number of aldehydes is 1. The van der Waals surface area contributed by atoms with Gasteiger partial charge in [-0.05, 0) is 76.9 Å². The van der Waals surface area contributed by atoms with Crippen LogP contribution >= 0.6 is 0 Å². The Balaban J connectivity index is 1.54. The van der Waals surface area contributed by atoms with E-state index in [1.165, 1.54) is 6.08 Å². The average molecular weight is 774 g/mol. The number of aliphatic hydroxyl groups excluding tert-OH is 2. The smallest absolute Gasteiger partial charge is 0.308 e. The Kier molecular flexibility index (Phi) is 17.1. The quantitative estimate of drug-likeness (QED) is 0.172. The Labute approximate surface area is 331 Å². The van der Waals surface area contributed by atoms with Gasteiger partial charge in [-0.15, -0.1) is 0 Å². The van der Waals surface area contributed by atoms with E-state index in [0.717, 1.165) is 22.8 Å². The van der Waals surface area contributed by atoms with E-state index < -0.39 is 85.0 Å². The number of carbonyl (C=O) groups is 3. The maximum Gasteiger partial charge on any atom is 0.308 e. The van der Waals surface area contributed by atoms with Gasteiger partial charge in [-0.1, -0.05) is 68.8 Å². The monoisotopic (exact) mass is 773 g/mol. The first kappa shape index (κ1) is 44.6. The van der Waals surface area contributed by atoms with Crippen LogP contribution in [-0.2, 0) is 39.8 Å². The number of allylic oxidation sites excluding steroid dienone is 4. The van der Waals surface area contributed by atoms with E-state index in [1.54, 1.807) is 39.8 Å². The van der Waals surface area contributed by atoms with Gasteiger partial charge in [0.15, 0.2) is 12.1 Å². The van der Waals surface area contributed by atoms with Crippen molar-refractivity contribution < 1.29 is 43.5 Å². The van der Waals surface area contributed by atoms with Crippen molar-refractivity contribution in [2.45, 2.75) is 116 Å². The molecule has 0 bridgehead atoms. The number of benzene rings is 1. The number of cyclic esters (lactones) is 1. The molecule has 0 amide bonds. The highest BCUT2D eigenvalue weighted by Gasteiger charge is 2.48. The molecule has 2 N–H and O–H groups in total. The molecule has 0 radical (unpaired) electrons. The molecule has 304 valence electrons. The van der Waals surface area contributed by atoms with Crippen molar-refractivity contribution in [2.24, 2.45) is 23.7 Å². The molecule has 1 fully saturated rings. The molecule has 12 nitrogen and oxygen atoms in total. The van der Waals surface area contributed by atoms with Crippen LogP contribution in [0.15, 0.2) is 72.5 Å². The lowest BCUT2D eigenvalue weighted by Crippen LogP contribution is -2.64. The molecule has 56 heavy (non-hydrogen) atoms. The number of esters is 1. The first-order valence-electron chi connectivity index (χ1n) is 19.6. The fourth-order valence-electron chi connectivity index (χ4n) is 7.66. The fourth-order valence-corrected chi connectivity index (χ4v) is 7.66. The Morgan fingerprint density at radius 1 is 1.09 bits per heavy atom. The van der Waals surface area contributed by atoms with Gasteiger partial charge in [0.2, 0.25) is 0 Å². The van der Waals surface area contributed by atoms with Crippen LogP contribution in [0.1, 0.15) is 65.9 Å². The van der Waals surface area contributed by atoms with Crippen molar-refractivity contribution in [3.8, 4) is 6.07 Å². The van der Waals surface area contributed by atoms with Crippen molar-refractivity contribution in [1.29, 1.82) is 5.26 Å². The minimum Gasteiger partial charge on any atom is -0.461 e. The lowest BCUT2D eigenvalue weighted by Gasteiger charge is -2.48. The van der Waals surface area contributed by atoms with Gasteiger partial charge in [-0.2, -0.15) is 5.26 Å². The Morgan fingerprint density at radius 3 is 2.54 bits per heavy atom. The molecule has 12 heteroatoms. The van der Waals surface area contributed by atoms with Crippen molar-refractivity contribution in [2.75, 3.05) is 20.7 Å². The first-order chi connectivity index (χ1) is 26.8. The number of hydrogen-bond donors (Lipinski definition) is 2. The summed E-state index contributed by atoms with van der Waals surface area (Å²) in [6.07, 6.45) is 5.68. The number of aromatic nitrogens is 1. The predicted molar refractivity (Wildman–Crippen MR) is 212 cm³/mol. The average Bonchev–Trinajstić information content (AvgIpc) is 3.17. The summed E-state index contributed by atoms with van der Waals surface area (Å²) in [6, 6.07) is 11.7. The van der Waals surface area contributed by atoms with Crippen molar-refractivity contribution in [3.05, 3.63) is 78.0 Å². The third-order valence-corrected chi connectivity index (χ3v) is 10.9. The topological polar surface area (TPSA) is 169 Å². The van der Waals surface area contributed by atoms with Crippen LogP contribution in [0.2, 0.25) is 0 Å². The van der Waals surface area contributed by atoms with Crippen LogP contribution in [-0.4, -0.2) is 108 Å². The summed E-state index contributed by atoms with van der Waals surface area (Å²) in [5.74, 6) is -3.52. The summed E-state index contributed by atoms with van der Waals surface area (Å²) in [4.78, 5) is 45.0. The SMILES string of the molecule is CC[C@H]1OC(=O)C[C@@H](O)[C@H](C)[C@@H](O[C@@H]2O[C@H](C)[C@@H](OC/C=C/Cc3cnc4ccccc4c3)[C@H](N(C)C)[C@H]2O)[C@@H](CC=O)C[C@@H](C)C(=O)/C=C/C(C)=C/[C@@H]1C#N. The summed E-state index contributed by atoms with van der Waals surface area (Å²) < 4.78 is 24.9. The number of nitriles is 1. The molecule has 2 aliphatic rings. The lowest BCUT2D eigenvalue weighted by atomic mass is 9.79. The summed E-state index contributed by atoms with van der Waals surface area (Å²) in [6.45, 7) is 9.13. The number of para-hydroxylation sites is 1. The molecular weight excluding hydrogens is 714 g/mol. The predicted octanol–water partition coefficient (Wildman–Crippen LogP) is 5.31. The molecule has 12 atom stereocenters. The maximum atomic E-state index is 13.3. The fraction of sp³-hybridized carbons (Fsp3) is 0.568. The number of ketones is 1. The van der Waals surface area contributed by atoms with Gasteiger partial charge in [-0.3, -0.25) is 14.6 Å². The number of rotatable bonds is 11. The Bertz CT molecular complexity index is 1750.